The highest BCUT2D eigenvalue weighted by Crippen LogP contribution is 2.27. The Labute approximate surface area is 151 Å². The summed E-state index contributed by atoms with van der Waals surface area (Å²) < 4.78 is 0. The largest absolute Gasteiger partial charge is 0.353 e. The van der Waals surface area contributed by atoms with Gasteiger partial charge < -0.3 is 10.2 Å². The van der Waals surface area contributed by atoms with Gasteiger partial charge in [-0.15, -0.1) is 0 Å². The molecule has 1 aromatic rings. The minimum atomic E-state index is -0.223. The third kappa shape index (κ3) is 4.42. The minimum absolute atomic E-state index is 0.0565. The van der Waals surface area contributed by atoms with Crippen LogP contribution in [0.15, 0.2) is 18.2 Å². The van der Waals surface area contributed by atoms with E-state index in [4.69, 9.17) is 0 Å². The maximum atomic E-state index is 12.7. The molecule has 1 aliphatic carbocycles. The lowest BCUT2D eigenvalue weighted by atomic mass is 9.96. The molecule has 25 heavy (non-hydrogen) atoms. The maximum Gasteiger partial charge on any atom is 0.227 e. The molecule has 0 radical (unpaired) electrons. The van der Waals surface area contributed by atoms with E-state index in [-0.39, 0.29) is 17.7 Å². The number of aryl methyl sites for hydroxylation is 2. The summed E-state index contributed by atoms with van der Waals surface area (Å²) >= 11 is 0. The van der Waals surface area contributed by atoms with Crippen LogP contribution in [-0.4, -0.2) is 24.4 Å². The molecule has 2 amide bonds. The first-order valence-corrected chi connectivity index (χ1v) is 9.72. The van der Waals surface area contributed by atoms with Crippen molar-refractivity contribution in [2.24, 2.45) is 5.92 Å². The lowest BCUT2D eigenvalue weighted by Gasteiger charge is -2.23. The number of hydrogen-bond donors (Lipinski definition) is 1. The van der Waals surface area contributed by atoms with Gasteiger partial charge in [-0.3, -0.25) is 9.59 Å². The van der Waals surface area contributed by atoms with Crippen molar-refractivity contribution in [3.8, 4) is 0 Å². The third-order valence-corrected chi connectivity index (χ3v) is 5.75. The second kappa shape index (κ2) is 8.03. The maximum absolute atomic E-state index is 12.7. The normalized spacial score (nSPS) is 22.6. The Morgan fingerprint density at radius 2 is 1.72 bits per heavy atom. The first-order valence-electron chi connectivity index (χ1n) is 9.72. The molecular weight excluding hydrogens is 312 g/mol. The van der Waals surface area contributed by atoms with E-state index < -0.39 is 0 Å². The molecule has 3 rings (SSSR count). The van der Waals surface area contributed by atoms with Crippen LogP contribution < -0.4 is 10.2 Å². The Kier molecular flexibility index (Phi) is 5.77. The number of benzene rings is 1. The average molecular weight is 342 g/mol. The van der Waals surface area contributed by atoms with Crippen LogP contribution in [0.3, 0.4) is 0 Å². The molecule has 0 spiro atoms. The molecule has 1 saturated carbocycles. The summed E-state index contributed by atoms with van der Waals surface area (Å²) in [6, 6.07) is 6.36. The average Bonchev–Trinajstić information content (AvgIpc) is 2.94. The zero-order valence-corrected chi connectivity index (χ0v) is 15.5. The highest BCUT2D eigenvalue weighted by molar-refractivity contribution is 6.00. The number of carbonyl (C=O) groups excluding carboxylic acids is 2. The third-order valence-electron chi connectivity index (χ3n) is 5.75. The molecule has 2 fully saturated rings. The Balaban J connectivity index is 1.61. The second-order valence-electron chi connectivity index (χ2n) is 7.72. The molecule has 1 aromatic carbocycles. The smallest absolute Gasteiger partial charge is 0.227 e. The van der Waals surface area contributed by atoms with Crippen molar-refractivity contribution in [3.05, 3.63) is 29.3 Å². The molecule has 1 unspecified atom stereocenters. The monoisotopic (exact) mass is 342 g/mol. The van der Waals surface area contributed by atoms with Crippen LogP contribution in [0.2, 0.25) is 0 Å². The molecular formula is C21H30N2O2. The Hall–Kier alpha value is -1.84. The van der Waals surface area contributed by atoms with Crippen molar-refractivity contribution in [2.45, 2.75) is 71.3 Å². The van der Waals surface area contributed by atoms with Crippen molar-refractivity contribution >= 4 is 17.5 Å². The highest BCUT2D eigenvalue weighted by atomic mass is 16.2. The fourth-order valence-electron chi connectivity index (χ4n) is 3.95. The molecule has 1 N–H and O–H groups in total. The van der Waals surface area contributed by atoms with Crippen LogP contribution in [0, 0.1) is 19.8 Å². The zero-order chi connectivity index (χ0) is 17.8. The van der Waals surface area contributed by atoms with Crippen LogP contribution in [0.25, 0.3) is 0 Å². The Bertz CT molecular complexity index is 633. The van der Waals surface area contributed by atoms with Crippen molar-refractivity contribution in [1.29, 1.82) is 0 Å². The van der Waals surface area contributed by atoms with E-state index in [9.17, 15) is 9.59 Å². The number of anilines is 1. The molecule has 4 heteroatoms. The van der Waals surface area contributed by atoms with E-state index in [0.717, 1.165) is 18.5 Å². The molecule has 1 heterocycles. The molecule has 0 aromatic heterocycles. The minimum Gasteiger partial charge on any atom is -0.353 e. The summed E-state index contributed by atoms with van der Waals surface area (Å²) in [6.45, 7) is 4.62. The van der Waals surface area contributed by atoms with Gasteiger partial charge in [-0.05, 0) is 49.9 Å². The van der Waals surface area contributed by atoms with Gasteiger partial charge in [0.05, 0.1) is 5.92 Å². The first kappa shape index (κ1) is 18.0. The SMILES string of the molecule is Cc1ccc(N2CC(C(=O)NC3CCCCCCC3)CC2=O)cc1C. The van der Waals surface area contributed by atoms with Crippen molar-refractivity contribution in [2.75, 3.05) is 11.4 Å². The Morgan fingerprint density at radius 1 is 1.04 bits per heavy atom. The summed E-state index contributed by atoms with van der Waals surface area (Å²) in [5.74, 6) is -0.106. The summed E-state index contributed by atoms with van der Waals surface area (Å²) in [5, 5.41) is 3.22. The van der Waals surface area contributed by atoms with E-state index >= 15 is 0 Å². The predicted octanol–water partition coefficient (Wildman–Crippen LogP) is 3.89. The van der Waals surface area contributed by atoms with Gasteiger partial charge in [-0.1, -0.05) is 38.2 Å². The van der Waals surface area contributed by atoms with Crippen LogP contribution in [-0.2, 0) is 9.59 Å². The lowest BCUT2D eigenvalue weighted by Crippen LogP contribution is -2.40. The van der Waals surface area contributed by atoms with E-state index in [1.54, 1.807) is 4.90 Å². The fraction of sp³-hybridized carbons (Fsp3) is 0.619. The fourth-order valence-corrected chi connectivity index (χ4v) is 3.95. The number of amides is 2. The van der Waals surface area contributed by atoms with Gasteiger partial charge in [0.1, 0.15) is 0 Å². The van der Waals surface area contributed by atoms with Crippen LogP contribution in [0.4, 0.5) is 5.69 Å². The van der Waals surface area contributed by atoms with E-state index in [2.05, 4.69) is 19.2 Å². The standard InChI is InChI=1S/C21H30N2O2/c1-15-10-11-19(12-16(15)2)23-14-17(13-20(23)24)21(25)22-18-8-6-4-3-5-7-9-18/h10-12,17-18H,3-9,13-14H2,1-2H3,(H,22,25). The van der Waals surface area contributed by atoms with Gasteiger partial charge in [-0.2, -0.15) is 0 Å². The quantitative estimate of drug-likeness (QED) is 0.906. The first-order chi connectivity index (χ1) is 12.0. The lowest BCUT2D eigenvalue weighted by molar-refractivity contribution is -0.127. The predicted molar refractivity (Wildman–Crippen MR) is 101 cm³/mol. The van der Waals surface area contributed by atoms with Gasteiger partial charge in [0.2, 0.25) is 11.8 Å². The van der Waals surface area contributed by atoms with E-state index in [1.807, 2.05) is 18.2 Å². The molecule has 136 valence electrons. The summed E-state index contributed by atoms with van der Waals surface area (Å²) in [4.78, 5) is 26.9. The number of nitrogens with one attached hydrogen (secondary N) is 1. The van der Waals surface area contributed by atoms with Gasteiger partial charge in [0.15, 0.2) is 0 Å². The summed E-state index contributed by atoms with van der Waals surface area (Å²) in [5.41, 5.74) is 3.30. The second-order valence-corrected chi connectivity index (χ2v) is 7.72. The van der Waals surface area contributed by atoms with Crippen LogP contribution in [0.5, 0.6) is 0 Å². The molecule has 4 nitrogen and oxygen atoms in total. The Morgan fingerprint density at radius 3 is 2.40 bits per heavy atom. The molecule has 1 saturated heterocycles. The van der Waals surface area contributed by atoms with Gasteiger partial charge in [-0.25, -0.2) is 0 Å². The van der Waals surface area contributed by atoms with E-state index in [1.165, 1.54) is 43.2 Å². The molecule has 2 aliphatic rings. The van der Waals surface area contributed by atoms with Crippen LogP contribution >= 0.6 is 0 Å². The molecule has 1 aliphatic heterocycles. The number of rotatable bonds is 3. The van der Waals surface area contributed by atoms with E-state index in [0.29, 0.717) is 19.0 Å². The summed E-state index contributed by atoms with van der Waals surface area (Å²) in [7, 11) is 0. The molecule has 0 bridgehead atoms. The highest BCUT2D eigenvalue weighted by Gasteiger charge is 2.35. The zero-order valence-electron chi connectivity index (χ0n) is 15.5. The van der Waals surface area contributed by atoms with Gasteiger partial charge >= 0.3 is 0 Å². The number of hydrogen-bond acceptors (Lipinski definition) is 2. The van der Waals surface area contributed by atoms with Gasteiger partial charge in [0.25, 0.3) is 0 Å². The summed E-state index contributed by atoms with van der Waals surface area (Å²) in [6.07, 6.45) is 8.74. The topological polar surface area (TPSA) is 49.4 Å². The van der Waals surface area contributed by atoms with Gasteiger partial charge in [0, 0.05) is 24.7 Å². The van der Waals surface area contributed by atoms with Crippen molar-refractivity contribution in [1.82, 2.24) is 5.32 Å². The number of carbonyl (C=O) groups is 2. The van der Waals surface area contributed by atoms with Crippen LogP contribution in [0.1, 0.15) is 62.5 Å². The van der Waals surface area contributed by atoms with Crippen molar-refractivity contribution in [3.63, 3.8) is 0 Å². The van der Waals surface area contributed by atoms with Crippen molar-refractivity contribution < 1.29 is 9.59 Å². The number of nitrogens with zero attached hydrogens (tertiary/aromatic N) is 1. The molecule has 1 atom stereocenters.